The van der Waals surface area contributed by atoms with Crippen molar-refractivity contribution in [1.82, 2.24) is 9.97 Å². The van der Waals surface area contributed by atoms with Crippen molar-refractivity contribution in [3.05, 3.63) is 26.9 Å². The van der Waals surface area contributed by atoms with Gasteiger partial charge in [0.2, 0.25) is 5.82 Å². The number of aromatic nitrogens is 2. The van der Waals surface area contributed by atoms with Gasteiger partial charge in [0, 0.05) is 5.56 Å². The molecule has 0 aromatic carbocycles. The molecule has 0 radical (unpaired) electrons. The molecule has 0 aliphatic rings. The normalized spacial score (nSPS) is 10.8. The second-order valence-electron chi connectivity index (χ2n) is 3.32. The number of nitrogens with zero attached hydrogens (tertiary/aromatic N) is 1. The first kappa shape index (κ1) is 11.7. The Labute approximate surface area is 99.3 Å². The molecule has 2 rings (SSSR count). The first-order valence-corrected chi connectivity index (χ1v) is 5.72. The van der Waals surface area contributed by atoms with Crippen LogP contribution in [0.15, 0.2) is 4.79 Å². The number of fused-ring (bicyclic) bond motifs is 1. The molecule has 0 saturated carbocycles. The molecule has 0 unspecified atom stereocenters. The van der Waals surface area contributed by atoms with Crippen molar-refractivity contribution in [3.63, 3.8) is 0 Å². The Morgan fingerprint density at radius 1 is 1.59 bits per heavy atom. The Bertz CT molecular complexity index is 647. The van der Waals surface area contributed by atoms with Gasteiger partial charge in [-0.3, -0.25) is 4.79 Å². The molecule has 0 aliphatic carbocycles. The molecular weight excluding hydrogens is 247 g/mol. The highest BCUT2D eigenvalue weighted by Gasteiger charge is 2.17. The SMILES string of the molecule is CCOC(=O)c1nc2sc(F)c(C)c2c(=O)[nH]1. The van der Waals surface area contributed by atoms with E-state index in [9.17, 15) is 14.0 Å². The van der Waals surface area contributed by atoms with Crippen molar-refractivity contribution >= 4 is 27.5 Å². The summed E-state index contributed by atoms with van der Waals surface area (Å²) in [7, 11) is 0. The van der Waals surface area contributed by atoms with Gasteiger partial charge in [0.1, 0.15) is 4.83 Å². The number of hydrogen-bond acceptors (Lipinski definition) is 5. The molecule has 0 spiro atoms. The van der Waals surface area contributed by atoms with Gasteiger partial charge in [0.15, 0.2) is 5.13 Å². The largest absolute Gasteiger partial charge is 0.460 e. The molecule has 0 aliphatic heterocycles. The van der Waals surface area contributed by atoms with E-state index in [1.807, 2.05) is 0 Å². The zero-order valence-electron chi connectivity index (χ0n) is 9.17. The van der Waals surface area contributed by atoms with Crippen LogP contribution < -0.4 is 5.56 Å². The van der Waals surface area contributed by atoms with Crippen LogP contribution in [0.4, 0.5) is 4.39 Å². The third-order valence-electron chi connectivity index (χ3n) is 2.21. The lowest BCUT2D eigenvalue weighted by molar-refractivity contribution is 0.0512. The molecule has 0 fully saturated rings. The molecule has 90 valence electrons. The van der Waals surface area contributed by atoms with E-state index in [0.29, 0.717) is 0 Å². The Morgan fingerprint density at radius 2 is 2.29 bits per heavy atom. The minimum absolute atomic E-state index is 0.179. The fourth-order valence-electron chi connectivity index (χ4n) is 1.41. The van der Waals surface area contributed by atoms with E-state index in [4.69, 9.17) is 4.74 Å². The van der Waals surface area contributed by atoms with Crippen LogP contribution in [-0.2, 0) is 4.74 Å². The number of halogens is 1. The summed E-state index contributed by atoms with van der Waals surface area (Å²) in [6.45, 7) is 3.32. The number of carbonyl (C=O) groups excluding carboxylic acids is 1. The van der Waals surface area contributed by atoms with Crippen LogP contribution in [0.5, 0.6) is 0 Å². The van der Waals surface area contributed by atoms with E-state index >= 15 is 0 Å². The number of hydrogen-bond donors (Lipinski definition) is 1. The van der Waals surface area contributed by atoms with Crippen molar-refractivity contribution in [1.29, 1.82) is 0 Å². The second kappa shape index (κ2) is 4.25. The van der Waals surface area contributed by atoms with Crippen LogP contribution in [0.2, 0.25) is 0 Å². The van der Waals surface area contributed by atoms with Gasteiger partial charge in [-0.25, -0.2) is 9.78 Å². The Hall–Kier alpha value is -1.76. The molecule has 2 aromatic heterocycles. The predicted octanol–water partition coefficient (Wildman–Crippen LogP) is 1.61. The summed E-state index contributed by atoms with van der Waals surface area (Å²) in [5.41, 5.74) is -0.287. The maximum Gasteiger partial charge on any atom is 0.374 e. The van der Waals surface area contributed by atoms with Crippen LogP contribution in [-0.4, -0.2) is 22.5 Å². The lowest BCUT2D eigenvalue weighted by atomic mass is 10.3. The molecule has 0 atom stereocenters. The topological polar surface area (TPSA) is 72.0 Å². The lowest BCUT2D eigenvalue weighted by Gasteiger charge is -2.00. The van der Waals surface area contributed by atoms with Gasteiger partial charge < -0.3 is 9.72 Å². The third-order valence-corrected chi connectivity index (χ3v) is 3.19. The van der Waals surface area contributed by atoms with Crippen molar-refractivity contribution in [2.24, 2.45) is 0 Å². The first-order valence-electron chi connectivity index (χ1n) is 4.90. The molecule has 1 N–H and O–H groups in total. The highest BCUT2D eigenvalue weighted by molar-refractivity contribution is 7.17. The Morgan fingerprint density at radius 3 is 2.94 bits per heavy atom. The van der Waals surface area contributed by atoms with Crippen LogP contribution in [0.1, 0.15) is 23.1 Å². The van der Waals surface area contributed by atoms with Gasteiger partial charge >= 0.3 is 5.97 Å². The van der Waals surface area contributed by atoms with E-state index < -0.39 is 16.7 Å². The van der Waals surface area contributed by atoms with Gasteiger partial charge in [-0.15, -0.1) is 0 Å². The number of thiophene rings is 1. The molecular formula is C10H9FN2O3S. The minimum atomic E-state index is -0.724. The molecule has 0 bridgehead atoms. The summed E-state index contributed by atoms with van der Waals surface area (Å²) >= 11 is 0.737. The number of ether oxygens (including phenoxy) is 1. The maximum atomic E-state index is 13.3. The summed E-state index contributed by atoms with van der Waals surface area (Å²) in [5, 5.41) is -0.292. The average Bonchev–Trinajstić information content (AvgIpc) is 2.55. The highest BCUT2D eigenvalue weighted by atomic mass is 32.1. The number of aryl methyl sites for hydroxylation is 1. The van der Waals surface area contributed by atoms with E-state index in [0.717, 1.165) is 11.3 Å². The average molecular weight is 256 g/mol. The molecule has 2 aromatic rings. The van der Waals surface area contributed by atoms with Crippen LogP contribution in [0.3, 0.4) is 0 Å². The molecule has 0 amide bonds. The fraction of sp³-hybridized carbons (Fsp3) is 0.300. The quantitative estimate of drug-likeness (QED) is 0.828. The van der Waals surface area contributed by atoms with Gasteiger partial charge in [-0.1, -0.05) is 11.3 Å². The zero-order chi connectivity index (χ0) is 12.6. The van der Waals surface area contributed by atoms with Gasteiger partial charge in [0.05, 0.1) is 12.0 Å². The van der Waals surface area contributed by atoms with Crippen LogP contribution in [0.25, 0.3) is 10.2 Å². The summed E-state index contributed by atoms with van der Waals surface area (Å²) in [5.74, 6) is -0.927. The fourth-order valence-corrected chi connectivity index (χ4v) is 2.32. The molecule has 7 heteroatoms. The lowest BCUT2D eigenvalue weighted by Crippen LogP contribution is -2.17. The first-order chi connectivity index (χ1) is 8.04. The monoisotopic (exact) mass is 256 g/mol. The number of carbonyl (C=O) groups is 1. The number of esters is 1. The van der Waals surface area contributed by atoms with Crippen LogP contribution >= 0.6 is 11.3 Å². The van der Waals surface area contributed by atoms with Gasteiger partial charge in [-0.05, 0) is 13.8 Å². The van der Waals surface area contributed by atoms with Crippen molar-refractivity contribution in [2.75, 3.05) is 6.61 Å². The smallest absolute Gasteiger partial charge is 0.374 e. The van der Waals surface area contributed by atoms with E-state index in [1.165, 1.54) is 6.92 Å². The van der Waals surface area contributed by atoms with Gasteiger partial charge in [-0.2, -0.15) is 4.39 Å². The van der Waals surface area contributed by atoms with E-state index in [-0.39, 0.29) is 28.2 Å². The second-order valence-corrected chi connectivity index (χ2v) is 4.27. The summed E-state index contributed by atoms with van der Waals surface area (Å²) in [6, 6.07) is 0. The number of rotatable bonds is 2. The van der Waals surface area contributed by atoms with Crippen molar-refractivity contribution in [2.45, 2.75) is 13.8 Å². The maximum absolute atomic E-state index is 13.3. The molecule has 17 heavy (non-hydrogen) atoms. The van der Waals surface area contributed by atoms with Gasteiger partial charge in [0.25, 0.3) is 5.56 Å². The van der Waals surface area contributed by atoms with Crippen molar-refractivity contribution < 1.29 is 13.9 Å². The molecule has 2 heterocycles. The third kappa shape index (κ3) is 1.93. The van der Waals surface area contributed by atoms with E-state index in [2.05, 4.69) is 9.97 Å². The van der Waals surface area contributed by atoms with Crippen LogP contribution in [0, 0.1) is 12.1 Å². The predicted molar refractivity (Wildman–Crippen MR) is 60.9 cm³/mol. The molecule has 5 nitrogen and oxygen atoms in total. The Balaban J connectivity index is 2.64. The number of nitrogens with one attached hydrogen (secondary N) is 1. The Kier molecular flexibility index (Phi) is 2.93. The van der Waals surface area contributed by atoms with E-state index in [1.54, 1.807) is 6.92 Å². The summed E-state index contributed by atoms with van der Waals surface area (Å²) in [4.78, 5) is 29.4. The van der Waals surface area contributed by atoms with Crippen molar-refractivity contribution in [3.8, 4) is 0 Å². The number of H-pyrrole nitrogens is 1. The summed E-state index contributed by atoms with van der Waals surface area (Å²) < 4.78 is 18.0. The standard InChI is InChI=1S/C10H9FN2O3S/c1-3-16-10(15)7-12-8(14)5-4(2)6(11)17-9(5)13-7/h3H2,1-2H3,(H,12,13,14). The number of aromatic amines is 1. The minimum Gasteiger partial charge on any atom is -0.460 e. The highest BCUT2D eigenvalue weighted by Crippen LogP contribution is 2.24. The summed E-state index contributed by atoms with van der Waals surface area (Å²) in [6.07, 6.45) is 0. The zero-order valence-corrected chi connectivity index (χ0v) is 9.98. The molecule has 0 saturated heterocycles.